The highest BCUT2D eigenvalue weighted by atomic mass is 35.5. The molecule has 0 atom stereocenters. The first kappa shape index (κ1) is 18.6. The molecule has 1 aliphatic rings. The predicted molar refractivity (Wildman–Crippen MR) is 106 cm³/mol. The van der Waals surface area contributed by atoms with Crippen molar-refractivity contribution in [1.82, 2.24) is 4.90 Å². The molecule has 0 N–H and O–H groups in total. The lowest BCUT2D eigenvalue weighted by Crippen LogP contribution is -2.33. The van der Waals surface area contributed by atoms with Crippen LogP contribution in [0.4, 0.5) is 0 Å². The van der Waals surface area contributed by atoms with Gasteiger partial charge in [0.1, 0.15) is 11.5 Å². The third-order valence-electron chi connectivity index (χ3n) is 3.94. The normalized spacial score (nSPS) is 13.5. The fraction of sp³-hybridized carbons (Fsp3) is 0.263. The summed E-state index contributed by atoms with van der Waals surface area (Å²) in [5.41, 5.74) is 1.58. The van der Waals surface area contributed by atoms with E-state index in [4.69, 9.17) is 21.1 Å². The quantitative estimate of drug-likeness (QED) is 0.771. The molecule has 0 aliphatic carbocycles. The largest absolute Gasteiger partial charge is 0.497 e. The molecule has 0 aromatic heterocycles. The van der Waals surface area contributed by atoms with Crippen LogP contribution in [-0.2, 0) is 5.75 Å². The van der Waals surface area contributed by atoms with Crippen LogP contribution in [0.2, 0.25) is 5.02 Å². The summed E-state index contributed by atoms with van der Waals surface area (Å²) in [6.07, 6.45) is 0. The SMILES string of the molecule is COc1ccc(C(=O)N2CCN=C2SCc2cccc(Cl)c2)c(OC)c1. The lowest BCUT2D eigenvalue weighted by molar-refractivity contribution is 0.0857. The second kappa shape index (κ2) is 8.47. The van der Waals surface area contributed by atoms with E-state index in [0.717, 1.165) is 5.56 Å². The zero-order valence-corrected chi connectivity index (χ0v) is 16.1. The van der Waals surface area contributed by atoms with Crippen molar-refractivity contribution in [1.29, 1.82) is 0 Å². The van der Waals surface area contributed by atoms with Gasteiger partial charge in [0.25, 0.3) is 5.91 Å². The highest BCUT2D eigenvalue weighted by Gasteiger charge is 2.27. The van der Waals surface area contributed by atoms with Gasteiger partial charge in [0.15, 0.2) is 5.17 Å². The van der Waals surface area contributed by atoms with Crippen LogP contribution in [0.25, 0.3) is 0 Å². The number of carbonyl (C=O) groups excluding carboxylic acids is 1. The third-order valence-corrected chi connectivity index (χ3v) is 5.26. The summed E-state index contributed by atoms with van der Waals surface area (Å²) in [6.45, 7) is 1.16. The number of rotatable bonds is 5. The molecule has 0 spiro atoms. The van der Waals surface area contributed by atoms with Crippen LogP contribution in [0.3, 0.4) is 0 Å². The molecule has 0 unspecified atom stereocenters. The molecule has 26 heavy (non-hydrogen) atoms. The molecule has 0 fully saturated rings. The van der Waals surface area contributed by atoms with E-state index >= 15 is 0 Å². The molecular weight excluding hydrogens is 372 g/mol. The number of amidine groups is 1. The minimum atomic E-state index is -0.126. The highest BCUT2D eigenvalue weighted by molar-refractivity contribution is 8.13. The van der Waals surface area contributed by atoms with Gasteiger partial charge >= 0.3 is 0 Å². The number of ether oxygens (including phenoxy) is 2. The van der Waals surface area contributed by atoms with Crippen molar-refractivity contribution < 1.29 is 14.3 Å². The molecule has 1 aliphatic heterocycles. The van der Waals surface area contributed by atoms with Gasteiger partial charge in [0.05, 0.1) is 26.3 Å². The van der Waals surface area contributed by atoms with Crippen LogP contribution in [0.5, 0.6) is 11.5 Å². The number of thioether (sulfide) groups is 1. The molecule has 1 amide bonds. The molecule has 0 saturated heterocycles. The summed E-state index contributed by atoms with van der Waals surface area (Å²) < 4.78 is 10.5. The van der Waals surface area contributed by atoms with E-state index in [1.807, 2.05) is 24.3 Å². The Hall–Kier alpha value is -2.18. The Labute approximate surface area is 162 Å². The summed E-state index contributed by atoms with van der Waals surface area (Å²) in [5, 5.41) is 1.42. The molecule has 7 heteroatoms. The van der Waals surface area contributed by atoms with E-state index in [1.165, 1.54) is 11.8 Å². The first-order valence-corrected chi connectivity index (χ1v) is 9.44. The van der Waals surface area contributed by atoms with E-state index in [-0.39, 0.29) is 5.91 Å². The maximum absolute atomic E-state index is 13.0. The third kappa shape index (κ3) is 4.14. The Morgan fingerprint density at radius 1 is 1.23 bits per heavy atom. The molecule has 1 heterocycles. The number of methoxy groups -OCH3 is 2. The van der Waals surface area contributed by atoms with E-state index in [9.17, 15) is 4.79 Å². The highest BCUT2D eigenvalue weighted by Crippen LogP contribution is 2.28. The molecule has 2 aromatic rings. The first-order chi connectivity index (χ1) is 12.6. The molecule has 0 bridgehead atoms. The smallest absolute Gasteiger partial charge is 0.263 e. The summed E-state index contributed by atoms with van der Waals surface area (Å²) in [7, 11) is 3.12. The monoisotopic (exact) mass is 390 g/mol. The molecule has 0 saturated carbocycles. The maximum atomic E-state index is 13.0. The Morgan fingerprint density at radius 2 is 2.08 bits per heavy atom. The van der Waals surface area contributed by atoms with Crippen LogP contribution in [0.1, 0.15) is 15.9 Å². The van der Waals surface area contributed by atoms with Crippen LogP contribution in [0, 0.1) is 0 Å². The Balaban J connectivity index is 1.74. The molecular formula is C19H19ClN2O3S. The van der Waals surface area contributed by atoms with Gasteiger partial charge in [-0.2, -0.15) is 0 Å². The lowest BCUT2D eigenvalue weighted by atomic mass is 10.1. The van der Waals surface area contributed by atoms with Crippen LogP contribution in [-0.4, -0.2) is 43.3 Å². The number of aliphatic imine (C=N–C) groups is 1. The van der Waals surface area contributed by atoms with Crippen molar-refractivity contribution in [3.63, 3.8) is 0 Å². The Morgan fingerprint density at radius 3 is 2.81 bits per heavy atom. The number of nitrogens with zero attached hydrogens (tertiary/aromatic N) is 2. The molecule has 3 rings (SSSR count). The Kier molecular flexibility index (Phi) is 6.06. The molecule has 0 radical (unpaired) electrons. The second-order valence-electron chi connectivity index (χ2n) is 5.61. The van der Waals surface area contributed by atoms with Crippen LogP contribution < -0.4 is 9.47 Å². The average Bonchev–Trinajstić information content (AvgIpc) is 3.14. The van der Waals surface area contributed by atoms with Gasteiger partial charge in [-0.05, 0) is 29.8 Å². The number of benzene rings is 2. The van der Waals surface area contributed by atoms with Crippen molar-refractivity contribution >= 4 is 34.4 Å². The van der Waals surface area contributed by atoms with Crippen molar-refractivity contribution in [2.45, 2.75) is 5.75 Å². The minimum absolute atomic E-state index is 0.126. The Bertz CT molecular complexity index is 841. The van der Waals surface area contributed by atoms with Gasteiger partial charge in [0, 0.05) is 23.4 Å². The standard InChI is InChI=1S/C19H19ClN2O3S/c1-24-15-6-7-16(17(11-15)25-2)18(23)22-9-8-21-19(22)26-12-13-4-3-5-14(20)10-13/h3-7,10-11H,8-9,12H2,1-2H3. The van der Waals surface area contributed by atoms with E-state index in [1.54, 1.807) is 37.3 Å². The van der Waals surface area contributed by atoms with E-state index in [2.05, 4.69) is 4.99 Å². The molecule has 136 valence electrons. The summed E-state index contributed by atoms with van der Waals surface area (Å²) in [6, 6.07) is 12.9. The molecule has 2 aromatic carbocycles. The van der Waals surface area contributed by atoms with Crippen molar-refractivity contribution in [2.75, 3.05) is 27.3 Å². The van der Waals surface area contributed by atoms with Gasteiger partial charge in [-0.1, -0.05) is 35.5 Å². The van der Waals surface area contributed by atoms with Gasteiger partial charge < -0.3 is 9.47 Å². The predicted octanol–water partition coefficient (Wildman–Crippen LogP) is 4.10. The van der Waals surface area contributed by atoms with Crippen molar-refractivity contribution in [3.8, 4) is 11.5 Å². The molecule has 5 nitrogen and oxygen atoms in total. The zero-order chi connectivity index (χ0) is 18.5. The zero-order valence-electron chi connectivity index (χ0n) is 14.6. The average molecular weight is 391 g/mol. The van der Waals surface area contributed by atoms with Crippen LogP contribution >= 0.6 is 23.4 Å². The van der Waals surface area contributed by atoms with E-state index in [0.29, 0.717) is 46.1 Å². The van der Waals surface area contributed by atoms with Crippen molar-refractivity contribution in [2.24, 2.45) is 4.99 Å². The lowest BCUT2D eigenvalue weighted by Gasteiger charge is -2.19. The van der Waals surface area contributed by atoms with Gasteiger partial charge in [-0.15, -0.1) is 0 Å². The summed E-state index contributed by atoms with van der Waals surface area (Å²) >= 11 is 7.56. The number of halogens is 1. The van der Waals surface area contributed by atoms with Gasteiger partial charge in [-0.25, -0.2) is 0 Å². The van der Waals surface area contributed by atoms with Gasteiger partial charge in [0.2, 0.25) is 0 Å². The maximum Gasteiger partial charge on any atom is 0.263 e. The number of hydrogen-bond donors (Lipinski definition) is 0. The van der Waals surface area contributed by atoms with Gasteiger partial charge in [-0.3, -0.25) is 14.7 Å². The first-order valence-electron chi connectivity index (χ1n) is 8.08. The second-order valence-corrected chi connectivity index (χ2v) is 6.98. The number of hydrogen-bond acceptors (Lipinski definition) is 5. The van der Waals surface area contributed by atoms with Crippen LogP contribution in [0.15, 0.2) is 47.5 Å². The number of carbonyl (C=O) groups is 1. The topological polar surface area (TPSA) is 51.1 Å². The van der Waals surface area contributed by atoms with Crippen molar-refractivity contribution in [3.05, 3.63) is 58.6 Å². The summed E-state index contributed by atoms with van der Waals surface area (Å²) in [5.74, 6) is 1.70. The fourth-order valence-electron chi connectivity index (χ4n) is 2.63. The minimum Gasteiger partial charge on any atom is -0.497 e. The number of amides is 1. The van der Waals surface area contributed by atoms with E-state index < -0.39 is 0 Å². The fourth-order valence-corrected chi connectivity index (χ4v) is 3.83. The summed E-state index contributed by atoms with van der Waals surface area (Å²) in [4.78, 5) is 19.2.